The second-order valence-corrected chi connectivity index (χ2v) is 4.98. The van der Waals surface area contributed by atoms with Crippen molar-refractivity contribution >= 4 is 35.6 Å². The largest absolute Gasteiger partial charge is 0.487 e. The number of nitrogens with two attached hydrogens (primary N) is 1. The SMILES string of the molecule is CC(C)OC(=O)c1cc(N)ccc1OCC(F)F.CSOCl. The van der Waals surface area contributed by atoms with Gasteiger partial charge < -0.3 is 15.2 Å². The number of nitrogen functional groups attached to an aromatic ring is 1. The van der Waals surface area contributed by atoms with Crippen molar-refractivity contribution in [3.8, 4) is 5.75 Å². The van der Waals surface area contributed by atoms with Gasteiger partial charge in [0.05, 0.1) is 18.0 Å². The van der Waals surface area contributed by atoms with Gasteiger partial charge in [-0.05, 0) is 32.0 Å². The smallest absolute Gasteiger partial charge is 0.342 e. The summed E-state index contributed by atoms with van der Waals surface area (Å²) in [6.07, 6.45) is -1.19. The Balaban J connectivity index is 0.000000980. The van der Waals surface area contributed by atoms with E-state index >= 15 is 0 Å². The Morgan fingerprint density at radius 3 is 2.45 bits per heavy atom. The van der Waals surface area contributed by atoms with E-state index in [0.29, 0.717) is 5.69 Å². The van der Waals surface area contributed by atoms with Crippen molar-refractivity contribution < 1.29 is 26.8 Å². The number of carbonyl (C=O) groups is 1. The number of halogens is 3. The average molecular weight is 358 g/mol. The predicted octanol–water partition coefficient (Wildman–Crippen LogP) is 3.91. The Labute approximate surface area is 137 Å². The number of ether oxygens (including phenoxy) is 2. The number of benzene rings is 1. The van der Waals surface area contributed by atoms with Crippen LogP contribution in [-0.2, 0) is 8.47 Å². The van der Waals surface area contributed by atoms with E-state index in [-0.39, 0.29) is 17.4 Å². The summed E-state index contributed by atoms with van der Waals surface area (Å²) in [5.74, 6) is -0.614. The van der Waals surface area contributed by atoms with Crippen molar-refractivity contribution in [1.82, 2.24) is 0 Å². The second kappa shape index (κ2) is 11.3. The minimum Gasteiger partial charge on any atom is -0.487 e. The topological polar surface area (TPSA) is 70.8 Å². The van der Waals surface area contributed by atoms with E-state index < -0.39 is 19.0 Å². The number of alkyl halides is 2. The van der Waals surface area contributed by atoms with E-state index in [4.69, 9.17) is 15.2 Å². The summed E-state index contributed by atoms with van der Waals surface area (Å²) in [5.41, 5.74) is 5.92. The van der Waals surface area contributed by atoms with Crippen LogP contribution in [0.3, 0.4) is 0 Å². The molecule has 2 N–H and O–H groups in total. The number of esters is 1. The molecule has 22 heavy (non-hydrogen) atoms. The second-order valence-electron chi connectivity index (χ2n) is 4.14. The first-order valence-electron chi connectivity index (χ1n) is 6.14. The van der Waals surface area contributed by atoms with Gasteiger partial charge in [0.15, 0.2) is 0 Å². The summed E-state index contributed by atoms with van der Waals surface area (Å²) in [5, 5.41) is 0. The van der Waals surface area contributed by atoms with Gasteiger partial charge in [0.2, 0.25) is 0 Å². The van der Waals surface area contributed by atoms with Crippen molar-refractivity contribution in [2.24, 2.45) is 0 Å². The minimum absolute atomic E-state index is 0.0372. The van der Waals surface area contributed by atoms with Crippen LogP contribution in [0.25, 0.3) is 0 Å². The maximum absolute atomic E-state index is 12.1. The molecule has 0 aliphatic rings. The van der Waals surface area contributed by atoms with Crippen LogP contribution in [0.5, 0.6) is 5.75 Å². The quantitative estimate of drug-likeness (QED) is 0.473. The maximum atomic E-state index is 12.1. The zero-order chi connectivity index (χ0) is 17.1. The molecule has 0 amide bonds. The molecule has 0 heterocycles. The third-order valence-electron chi connectivity index (χ3n) is 1.99. The molecule has 1 aromatic rings. The van der Waals surface area contributed by atoms with Crippen molar-refractivity contribution in [2.45, 2.75) is 26.4 Å². The normalized spacial score (nSPS) is 10.2. The molecule has 0 fully saturated rings. The molecule has 126 valence electrons. The van der Waals surface area contributed by atoms with Crippen LogP contribution in [0.15, 0.2) is 18.2 Å². The molecule has 0 aliphatic carbocycles. The van der Waals surface area contributed by atoms with Gasteiger partial charge in [0.1, 0.15) is 17.9 Å². The zero-order valence-electron chi connectivity index (χ0n) is 12.3. The average Bonchev–Trinajstić information content (AvgIpc) is 2.45. The van der Waals surface area contributed by atoms with E-state index in [1.807, 2.05) is 0 Å². The molecular formula is C13H18ClF2NO4S. The Morgan fingerprint density at radius 2 is 2.00 bits per heavy atom. The van der Waals surface area contributed by atoms with Crippen LogP contribution in [0.2, 0.25) is 0 Å². The molecular weight excluding hydrogens is 340 g/mol. The fourth-order valence-corrected chi connectivity index (χ4v) is 1.26. The summed E-state index contributed by atoms with van der Waals surface area (Å²) in [4.78, 5) is 11.7. The van der Waals surface area contributed by atoms with Crippen LogP contribution in [0.1, 0.15) is 24.2 Å². The number of hydrogen-bond acceptors (Lipinski definition) is 6. The van der Waals surface area contributed by atoms with Gasteiger partial charge >= 0.3 is 5.97 Å². The fraction of sp³-hybridized carbons (Fsp3) is 0.462. The van der Waals surface area contributed by atoms with E-state index in [9.17, 15) is 13.6 Å². The molecule has 1 aromatic carbocycles. The van der Waals surface area contributed by atoms with Gasteiger partial charge in [-0.15, -0.1) is 0 Å². The van der Waals surface area contributed by atoms with Gasteiger partial charge in [0.25, 0.3) is 6.43 Å². The Hall–Kier alpha value is -1.25. The highest BCUT2D eigenvalue weighted by Crippen LogP contribution is 2.23. The third-order valence-corrected chi connectivity index (χ3v) is 2.50. The van der Waals surface area contributed by atoms with Crippen molar-refractivity contribution in [2.75, 3.05) is 18.6 Å². The first-order valence-corrected chi connectivity index (χ1v) is 7.60. The van der Waals surface area contributed by atoms with Gasteiger partial charge in [0, 0.05) is 24.0 Å². The molecule has 0 aliphatic heterocycles. The van der Waals surface area contributed by atoms with E-state index in [1.165, 1.54) is 18.2 Å². The van der Waals surface area contributed by atoms with Crippen molar-refractivity contribution in [1.29, 1.82) is 0 Å². The zero-order valence-corrected chi connectivity index (χ0v) is 13.9. The number of hydrogen-bond donors (Lipinski definition) is 1. The Morgan fingerprint density at radius 1 is 1.41 bits per heavy atom. The lowest BCUT2D eigenvalue weighted by Gasteiger charge is -2.13. The lowest BCUT2D eigenvalue weighted by atomic mass is 10.2. The lowest BCUT2D eigenvalue weighted by molar-refractivity contribution is 0.0365. The fourth-order valence-electron chi connectivity index (χ4n) is 1.26. The predicted molar refractivity (Wildman–Crippen MR) is 83.4 cm³/mol. The number of carbonyl (C=O) groups excluding carboxylic acids is 1. The standard InChI is InChI=1S/C12H15F2NO3.CH3ClOS/c1-7(2)18-12(16)9-5-8(15)3-4-10(9)17-6-11(13)14;1-4-3-2/h3-5,7,11H,6,15H2,1-2H3;1H3. The van der Waals surface area contributed by atoms with Gasteiger partial charge in [-0.3, -0.25) is 0 Å². The highest BCUT2D eigenvalue weighted by molar-refractivity contribution is 7.94. The van der Waals surface area contributed by atoms with Crippen LogP contribution in [0, 0.1) is 0 Å². The molecule has 0 radical (unpaired) electrons. The molecule has 5 nitrogen and oxygen atoms in total. The number of anilines is 1. The Bertz CT molecular complexity index is 462. The first kappa shape index (κ1) is 20.8. The highest BCUT2D eigenvalue weighted by Gasteiger charge is 2.17. The van der Waals surface area contributed by atoms with E-state index in [0.717, 1.165) is 12.0 Å². The van der Waals surface area contributed by atoms with Gasteiger partial charge in [-0.25, -0.2) is 17.3 Å². The summed E-state index contributed by atoms with van der Waals surface area (Å²) in [7, 11) is 0. The molecule has 0 saturated heterocycles. The van der Waals surface area contributed by atoms with Crippen LogP contribution >= 0.6 is 23.9 Å². The summed E-state index contributed by atoms with van der Waals surface area (Å²) >= 11 is 5.77. The highest BCUT2D eigenvalue weighted by atomic mass is 35.5. The van der Waals surface area contributed by atoms with Crippen molar-refractivity contribution in [3.05, 3.63) is 23.8 Å². The lowest BCUT2D eigenvalue weighted by Crippen LogP contribution is -2.15. The monoisotopic (exact) mass is 357 g/mol. The van der Waals surface area contributed by atoms with E-state index in [1.54, 1.807) is 20.1 Å². The molecule has 0 spiro atoms. The van der Waals surface area contributed by atoms with Crippen molar-refractivity contribution in [3.63, 3.8) is 0 Å². The number of rotatable bonds is 6. The van der Waals surface area contributed by atoms with E-state index in [2.05, 4.69) is 15.6 Å². The summed E-state index contributed by atoms with van der Waals surface area (Å²) in [6.45, 7) is 2.58. The summed E-state index contributed by atoms with van der Waals surface area (Å²) in [6, 6.07) is 4.17. The third kappa shape index (κ3) is 8.91. The van der Waals surface area contributed by atoms with Gasteiger partial charge in [-0.1, -0.05) is 0 Å². The first-order chi connectivity index (χ1) is 10.3. The molecule has 1 rings (SSSR count). The minimum atomic E-state index is -2.61. The molecule has 0 atom stereocenters. The molecule has 0 unspecified atom stereocenters. The molecule has 0 saturated carbocycles. The summed E-state index contributed by atoms with van der Waals surface area (Å²) < 4.78 is 37.9. The van der Waals surface area contributed by atoms with Crippen LogP contribution in [0.4, 0.5) is 14.5 Å². The van der Waals surface area contributed by atoms with Crippen LogP contribution in [-0.4, -0.2) is 31.4 Å². The molecule has 0 aromatic heterocycles. The van der Waals surface area contributed by atoms with Gasteiger partial charge in [-0.2, -0.15) is 0 Å². The Kier molecular flexibility index (Phi) is 10.7. The molecule has 9 heteroatoms. The maximum Gasteiger partial charge on any atom is 0.342 e. The molecule has 0 bridgehead atoms. The van der Waals surface area contributed by atoms with Crippen LogP contribution < -0.4 is 10.5 Å².